The van der Waals surface area contributed by atoms with Gasteiger partial charge in [-0.2, -0.15) is 11.8 Å². The minimum atomic E-state index is 0.611. The van der Waals surface area contributed by atoms with Gasteiger partial charge < -0.3 is 4.90 Å². The molecule has 0 atom stereocenters. The molecular weight excluding hydrogens is 214 g/mol. The van der Waals surface area contributed by atoms with Crippen molar-refractivity contribution in [1.82, 2.24) is 0 Å². The molecule has 0 saturated carbocycles. The summed E-state index contributed by atoms with van der Waals surface area (Å²) < 4.78 is 0. The quantitative estimate of drug-likeness (QED) is 0.715. The molecule has 1 heterocycles. The first kappa shape index (κ1) is 10.2. The summed E-state index contributed by atoms with van der Waals surface area (Å²) in [6.45, 7) is 2.30. The number of anilines is 1. The molecule has 0 aliphatic carbocycles. The molecule has 0 spiro atoms. The Hall–Kier alpha value is -0.340. The van der Waals surface area contributed by atoms with E-state index >= 15 is 0 Å². The molecule has 3 heteroatoms. The lowest BCUT2D eigenvalue weighted by Crippen LogP contribution is -2.33. The Morgan fingerprint density at radius 3 is 2.64 bits per heavy atom. The zero-order chi connectivity index (χ0) is 9.80. The largest absolute Gasteiger partial charge is 0.370 e. The highest BCUT2D eigenvalue weighted by atomic mass is 35.5. The highest BCUT2D eigenvalue weighted by Gasteiger charge is 2.13. The molecule has 0 N–H and O–H groups in total. The lowest BCUT2D eigenvalue weighted by atomic mass is 10.2. The van der Waals surface area contributed by atoms with Gasteiger partial charge in [0.1, 0.15) is 0 Å². The van der Waals surface area contributed by atoms with Crippen LogP contribution in [0.3, 0.4) is 0 Å². The van der Waals surface area contributed by atoms with Crippen LogP contribution in [0.1, 0.15) is 5.56 Å². The summed E-state index contributed by atoms with van der Waals surface area (Å²) in [7, 11) is 0. The van der Waals surface area contributed by atoms with Gasteiger partial charge in [0.05, 0.1) is 0 Å². The SMILES string of the molecule is ClCc1ccccc1N1CCSCC1. The third kappa shape index (κ3) is 2.18. The van der Waals surface area contributed by atoms with Gasteiger partial charge in [-0.3, -0.25) is 0 Å². The maximum atomic E-state index is 5.92. The molecule has 1 fully saturated rings. The Bertz CT molecular complexity index is 297. The first-order valence-corrected chi connectivity index (χ1v) is 6.57. The monoisotopic (exact) mass is 227 g/mol. The van der Waals surface area contributed by atoms with E-state index in [2.05, 4.69) is 29.2 Å². The summed E-state index contributed by atoms with van der Waals surface area (Å²) in [6.07, 6.45) is 0. The minimum absolute atomic E-state index is 0.611. The molecule has 0 bridgehead atoms. The van der Waals surface area contributed by atoms with Gasteiger partial charge in [0.15, 0.2) is 0 Å². The molecule has 14 heavy (non-hydrogen) atoms. The van der Waals surface area contributed by atoms with Crippen LogP contribution in [0, 0.1) is 0 Å². The van der Waals surface area contributed by atoms with Crippen LogP contribution < -0.4 is 4.90 Å². The van der Waals surface area contributed by atoms with Crippen LogP contribution in [0.5, 0.6) is 0 Å². The molecule has 76 valence electrons. The number of alkyl halides is 1. The van der Waals surface area contributed by atoms with Crippen LogP contribution >= 0.6 is 23.4 Å². The topological polar surface area (TPSA) is 3.24 Å². The lowest BCUT2D eigenvalue weighted by molar-refractivity contribution is 0.853. The van der Waals surface area contributed by atoms with Crippen molar-refractivity contribution in [2.75, 3.05) is 29.5 Å². The molecule has 1 nitrogen and oxygen atoms in total. The van der Waals surface area contributed by atoms with Crippen LogP contribution in [0.25, 0.3) is 0 Å². The summed E-state index contributed by atoms with van der Waals surface area (Å²) >= 11 is 7.95. The fourth-order valence-electron chi connectivity index (χ4n) is 1.74. The first-order chi connectivity index (χ1) is 6.92. The van der Waals surface area contributed by atoms with Crippen molar-refractivity contribution in [3.63, 3.8) is 0 Å². The number of rotatable bonds is 2. The van der Waals surface area contributed by atoms with E-state index in [-0.39, 0.29) is 0 Å². The molecular formula is C11H14ClNS. The Balaban J connectivity index is 2.20. The van der Waals surface area contributed by atoms with E-state index in [0.717, 1.165) is 13.1 Å². The number of hydrogen-bond acceptors (Lipinski definition) is 2. The van der Waals surface area contributed by atoms with Crippen LogP contribution in [0.4, 0.5) is 5.69 Å². The third-order valence-corrected chi connectivity index (χ3v) is 3.72. The standard InChI is InChI=1S/C11H14ClNS/c12-9-10-3-1-2-4-11(10)13-5-7-14-8-6-13/h1-4H,5-9H2. The summed E-state index contributed by atoms with van der Waals surface area (Å²) in [5, 5.41) is 0. The second-order valence-electron chi connectivity index (χ2n) is 3.36. The smallest absolute Gasteiger partial charge is 0.0494 e. The Morgan fingerprint density at radius 2 is 1.93 bits per heavy atom. The second-order valence-corrected chi connectivity index (χ2v) is 4.85. The van der Waals surface area contributed by atoms with E-state index in [1.807, 2.05) is 11.8 Å². The van der Waals surface area contributed by atoms with Crippen LogP contribution in [0.15, 0.2) is 24.3 Å². The lowest BCUT2D eigenvalue weighted by Gasteiger charge is -2.30. The number of thioether (sulfide) groups is 1. The first-order valence-electron chi connectivity index (χ1n) is 4.88. The molecule has 0 amide bonds. The highest BCUT2D eigenvalue weighted by Crippen LogP contribution is 2.24. The van der Waals surface area contributed by atoms with E-state index in [0.29, 0.717) is 5.88 Å². The predicted molar refractivity (Wildman–Crippen MR) is 65.5 cm³/mol. The van der Waals surface area contributed by atoms with Gasteiger partial charge in [-0.25, -0.2) is 0 Å². The number of halogens is 1. The molecule has 1 aliphatic rings. The number of benzene rings is 1. The molecule has 1 aliphatic heterocycles. The summed E-state index contributed by atoms with van der Waals surface area (Å²) in [5.74, 6) is 3.08. The average Bonchev–Trinajstić information content (AvgIpc) is 2.30. The van der Waals surface area contributed by atoms with E-state index < -0.39 is 0 Å². The van der Waals surface area contributed by atoms with Crippen LogP contribution in [-0.4, -0.2) is 24.6 Å². The highest BCUT2D eigenvalue weighted by molar-refractivity contribution is 7.99. The maximum absolute atomic E-state index is 5.92. The van der Waals surface area contributed by atoms with E-state index in [4.69, 9.17) is 11.6 Å². The molecule has 0 unspecified atom stereocenters. The van der Waals surface area contributed by atoms with Crippen molar-refractivity contribution in [2.24, 2.45) is 0 Å². The Morgan fingerprint density at radius 1 is 1.21 bits per heavy atom. The summed E-state index contributed by atoms with van der Waals surface area (Å²) in [4.78, 5) is 2.44. The average molecular weight is 228 g/mol. The minimum Gasteiger partial charge on any atom is -0.370 e. The zero-order valence-electron chi connectivity index (χ0n) is 8.08. The molecule has 1 aromatic rings. The number of nitrogens with zero attached hydrogens (tertiary/aromatic N) is 1. The number of hydrogen-bond donors (Lipinski definition) is 0. The zero-order valence-corrected chi connectivity index (χ0v) is 9.65. The van der Waals surface area contributed by atoms with E-state index in [1.165, 1.54) is 22.8 Å². The maximum Gasteiger partial charge on any atom is 0.0494 e. The van der Waals surface area contributed by atoms with Crippen molar-refractivity contribution in [3.05, 3.63) is 29.8 Å². The van der Waals surface area contributed by atoms with E-state index in [1.54, 1.807) is 0 Å². The van der Waals surface area contributed by atoms with Gasteiger partial charge in [0.2, 0.25) is 0 Å². The molecule has 1 saturated heterocycles. The molecule has 2 rings (SSSR count). The van der Waals surface area contributed by atoms with Gasteiger partial charge in [-0.1, -0.05) is 18.2 Å². The van der Waals surface area contributed by atoms with Crippen molar-refractivity contribution in [2.45, 2.75) is 5.88 Å². The normalized spacial score (nSPS) is 17.1. The molecule has 0 aromatic heterocycles. The summed E-state index contributed by atoms with van der Waals surface area (Å²) in [6, 6.07) is 8.44. The van der Waals surface area contributed by atoms with Crippen LogP contribution in [-0.2, 0) is 5.88 Å². The van der Waals surface area contributed by atoms with Gasteiger partial charge >= 0.3 is 0 Å². The van der Waals surface area contributed by atoms with Crippen molar-refractivity contribution in [1.29, 1.82) is 0 Å². The van der Waals surface area contributed by atoms with Gasteiger partial charge in [-0.05, 0) is 11.6 Å². The van der Waals surface area contributed by atoms with Gasteiger partial charge in [-0.15, -0.1) is 11.6 Å². The Kier molecular flexibility index (Phi) is 3.60. The molecule has 0 radical (unpaired) electrons. The Labute approximate surface area is 94.4 Å². The van der Waals surface area contributed by atoms with Crippen molar-refractivity contribution < 1.29 is 0 Å². The predicted octanol–water partition coefficient (Wildman–Crippen LogP) is 2.98. The third-order valence-electron chi connectivity index (χ3n) is 2.49. The van der Waals surface area contributed by atoms with Crippen molar-refractivity contribution >= 4 is 29.1 Å². The van der Waals surface area contributed by atoms with Gasteiger partial charge in [0.25, 0.3) is 0 Å². The summed E-state index contributed by atoms with van der Waals surface area (Å²) in [5.41, 5.74) is 2.57. The van der Waals surface area contributed by atoms with Crippen LogP contribution in [0.2, 0.25) is 0 Å². The van der Waals surface area contributed by atoms with Crippen molar-refractivity contribution in [3.8, 4) is 0 Å². The van der Waals surface area contributed by atoms with E-state index in [9.17, 15) is 0 Å². The van der Waals surface area contributed by atoms with Gasteiger partial charge in [0, 0.05) is 36.2 Å². The second kappa shape index (κ2) is 4.94. The fraction of sp³-hybridized carbons (Fsp3) is 0.455. The number of para-hydroxylation sites is 1. The fourth-order valence-corrected chi connectivity index (χ4v) is 2.87. The molecule has 1 aromatic carbocycles.